The van der Waals surface area contributed by atoms with Crippen LogP contribution in [-0.2, 0) is 4.74 Å². The number of nitrogens with zero attached hydrogens (tertiary/aromatic N) is 3. The lowest BCUT2D eigenvalue weighted by Gasteiger charge is -2.52. The van der Waals surface area contributed by atoms with Gasteiger partial charge in [0.2, 0.25) is 0 Å². The summed E-state index contributed by atoms with van der Waals surface area (Å²) in [6.07, 6.45) is 8.70. The Morgan fingerprint density at radius 2 is 1.93 bits per heavy atom. The van der Waals surface area contributed by atoms with Crippen LogP contribution >= 0.6 is 12.2 Å². The molecule has 1 aliphatic carbocycles. The first kappa shape index (κ1) is 20.2. The summed E-state index contributed by atoms with van der Waals surface area (Å²) in [5.41, 5.74) is 0.371. The second-order valence-corrected chi connectivity index (χ2v) is 9.65. The summed E-state index contributed by atoms with van der Waals surface area (Å²) in [4.78, 5) is 19.1. The highest BCUT2D eigenvalue weighted by atomic mass is 32.1. The molecule has 1 saturated carbocycles. The fraction of sp³-hybridized carbons (Fsp3) is 0.905. The van der Waals surface area contributed by atoms with Gasteiger partial charge in [0.15, 0.2) is 5.11 Å². The van der Waals surface area contributed by atoms with E-state index in [4.69, 9.17) is 17.0 Å². The van der Waals surface area contributed by atoms with Crippen molar-refractivity contribution in [3.05, 3.63) is 0 Å². The summed E-state index contributed by atoms with van der Waals surface area (Å²) in [6.45, 7) is 7.69. The highest BCUT2D eigenvalue weighted by Gasteiger charge is 2.51. The molecular weight excluding hydrogens is 372 g/mol. The second-order valence-electron chi connectivity index (χ2n) is 9.26. The normalized spacial score (nSPS) is 33.9. The van der Waals surface area contributed by atoms with Crippen molar-refractivity contribution in [2.45, 2.75) is 64.0 Å². The Morgan fingerprint density at radius 1 is 1.18 bits per heavy atom. The van der Waals surface area contributed by atoms with Gasteiger partial charge in [-0.15, -0.1) is 0 Å². The summed E-state index contributed by atoms with van der Waals surface area (Å²) in [5, 5.41) is 4.11. The van der Waals surface area contributed by atoms with E-state index in [1.54, 1.807) is 0 Å². The third kappa shape index (κ3) is 3.84. The van der Waals surface area contributed by atoms with Crippen LogP contribution in [0.15, 0.2) is 0 Å². The zero-order valence-electron chi connectivity index (χ0n) is 17.5. The van der Waals surface area contributed by atoms with Gasteiger partial charge in [-0.1, -0.05) is 0 Å². The summed E-state index contributed by atoms with van der Waals surface area (Å²) < 4.78 is 5.18. The van der Waals surface area contributed by atoms with Crippen molar-refractivity contribution in [2.75, 3.05) is 46.4 Å². The molecule has 1 spiro atoms. The Kier molecular flexibility index (Phi) is 6.02. The van der Waals surface area contributed by atoms with Gasteiger partial charge in [-0.05, 0) is 88.5 Å². The molecule has 4 rings (SSSR count). The number of hydrogen-bond donors (Lipinski definition) is 1. The van der Waals surface area contributed by atoms with E-state index < -0.39 is 0 Å². The van der Waals surface area contributed by atoms with Crippen LogP contribution in [0.5, 0.6) is 0 Å². The first-order chi connectivity index (χ1) is 13.5. The molecule has 158 valence electrons. The number of likely N-dealkylation sites (tertiary alicyclic amines) is 3. The molecule has 0 aromatic rings. The van der Waals surface area contributed by atoms with Gasteiger partial charge in [0.1, 0.15) is 0 Å². The monoisotopic (exact) mass is 408 g/mol. The van der Waals surface area contributed by atoms with Crippen LogP contribution in [0.1, 0.15) is 51.9 Å². The molecule has 1 amide bonds. The molecule has 4 fully saturated rings. The quantitative estimate of drug-likeness (QED) is 0.725. The maximum atomic E-state index is 12.0. The number of thiocarbonyl (C=S) groups is 1. The third-order valence-electron chi connectivity index (χ3n) is 7.71. The number of amides is 1. The van der Waals surface area contributed by atoms with E-state index in [2.05, 4.69) is 15.1 Å². The fourth-order valence-corrected chi connectivity index (χ4v) is 6.41. The Balaban J connectivity index is 1.23. The predicted octanol–water partition coefficient (Wildman–Crippen LogP) is 2.68. The summed E-state index contributed by atoms with van der Waals surface area (Å²) in [7, 11) is 1.94. The SMILES string of the molecule is CCOC(=O)N1CCC2(CC(N3CCC([C@@H]4CCCN4C(=S)NC)CC3)C2)C1. The van der Waals surface area contributed by atoms with Gasteiger partial charge in [0.25, 0.3) is 0 Å². The zero-order chi connectivity index (χ0) is 19.7. The van der Waals surface area contributed by atoms with E-state index in [1.165, 1.54) is 51.6 Å². The molecule has 0 aromatic carbocycles. The molecule has 7 heteroatoms. The largest absolute Gasteiger partial charge is 0.450 e. The lowest BCUT2D eigenvalue weighted by molar-refractivity contribution is -0.0137. The Labute approximate surface area is 174 Å². The molecule has 3 heterocycles. The number of ether oxygens (including phenoxy) is 1. The number of carbonyl (C=O) groups is 1. The Morgan fingerprint density at radius 3 is 2.61 bits per heavy atom. The third-order valence-corrected chi connectivity index (χ3v) is 8.15. The molecule has 0 aromatic heterocycles. The van der Waals surface area contributed by atoms with Crippen molar-refractivity contribution in [1.29, 1.82) is 0 Å². The Bertz CT molecular complexity index is 587. The standard InChI is InChI=1S/C21H36N4O2S/c1-3-27-20(26)24-12-8-21(15-24)13-17(14-21)23-10-6-16(7-11-23)18-5-4-9-25(18)19(28)22-2/h16-18H,3-15H2,1-2H3,(H,22,28)/t17?,18-,21?/m0/s1. The smallest absolute Gasteiger partial charge is 0.409 e. The number of hydrogen-bond acceptors (Lipinski definition) is 4. The first-order valence-electron chi connectivity index (χ1n) is 11.2. The maximum absolute atomic E-state index is 12.0. The molecule has 28 heavy (non-hydrogen) atoms. The van der Waals surface area contributed by atoms with Crippen LogP contribution in [0.2, 0.25) is 0 Å². The van der Waals surface area contributed by atoms with E-state index in [-0.39, 0.29) is 6.09 Å². The molecule has 0 radical (unpaired) electrons. The van der Waals surface area contributed by atoms with Gasteiger partial charge in [-0.25, -0.2) is 4.79 Å². The van der Waals surface area contributed by atoms with Crippen molar-refractivity contribution < 1.29 is 9.53 Å². The number of piperidine rings is 1. The van der Waals surface area contributed by atoms with E-state index >= 15 is 0 Å². The fourth-order valence-electron chi connectivity index (χ4n) is 6.18. The van der Waals surface area contributed by atoms with Crippen LogP contribution in [0, 0.1) is 11.3 Å². The van der Waals surface area contributed by atoms with Crippen LogP contribution in [0.4, 0.5) is 4.79 Å². The van der Waals surface area contributed by atoms with E-state index in [9.17, 15) is 4.79 Å². The van der Waals surface area contributed by atoms with Gasteiger partial charge in [-0.2, -0.15) is 0 Å². The van der Waals surface area contributed by atoms with Crippen molar-refractivity contribution >= 4 is 23.4 Å². The summed E-state index contributed by atoms with van der Waals surface area (Å²) >= 11 is 5.52. The van der Waals surface area contributed by atoms with E-state index in [1.807, 2.05) is 18.9 Å². The highest BCUT2D eigenvalue weighted by molar-refractivity contribution is 7.80. The van der Waals surface area contributed by atoms with E-state index in [0.717, 1.165) is 43.1 Å². The van der Waals surface area contributed by atoms with Gasteiger partial charge in [-0.3, -0.25) is 0 Å². The molecule has 6 nitrogen and oxygen atoms in total. The first-order valence-corrected chi connectivity index (χ1v) is 11.6. The molecule has 4 aliphatic rings. The molecular formula is C21H36N4O2S. The van der Waals surface area contributed by atoms with Crippen molar-refractivity contribution in [1.82, 2.24) is 20.0 Å². The number of rotatable bonds is 3. The Hall–Kier alpha value is -1.08. The van der Waals surface area contributed by atoms with Crippen LogP contribution < -0.4 is 5.32 Å². The average molecular weight is 409 g/mol. The van der Waals surface area contributed by atoms with Crippen LogP contribution in [-0.4, -0.2) is 84.4 Å². The van der Waals surface area contributed by atoms with Crippen molar-refractivity contribution in [3.63, 3.8) is 0 Å². The maximum Gasteiger partial charge on any atom is 0.409 e. The van der Waals surface area contributed by atoms with E-state index in [0.29, 0.717) is 18.1 Å². The number of carbonyl (C=O) groups excluding carboxylic acids is 1. The van der Waals surface area contributed by atoms with Gasteiger partial charge >= 0.3 is 6.09 Å². The lowest BCUT2D eigenvalue weighted by atomic mass is 9.64. The van der Waals surface area contributed by atoms with Gasteiger partial charge in [0.05, 0.1) is 6.61 Å². The van der Waals surface area contributed by atoms with Crippen molar-refractivity contribution in [2.24, 2.45) is 11.3 Å². The van der Waals surface area contributed by atoms with Crippen molar-refractivity contribution in [3.8, 4) is 0 Å². The molecule has 0 unspecified atom stereocenters. The molecule has 1 atom stereocenters. The van der Waals surface area contributed by atoms with Crippen LogP contribution in [0.25, 0.3) is 0 Å². The topological polar surface area (TPSA) is 48.1 Å². The molecule has 1 N–H and O–H groups in total. The minimum Gasteiger partial charge on any atom is -0.450 e. The molecule has 3 saturated heterocycles. The summed E-state index contributed by atoms with van der Waals surface area (Å²) in [5.74, 6) is 0.782. The van der Waals surface area contributed by atoms with Gasteiger partial charge in [0, 0.05) is 38.8 Å². The molecule has 0 bridgehead atoms. The van der Waals surface area contributed by atoms with Crippen LogP contribution in [0.3, 0.4) is 0 Å². The predicted molar refractivity (Wildman–Crippen MR) is 114 cm³/mol. The average Bonchev–Trinajstić information content (AvgIpc) is 3.34. The zero-order valence-corrected chi connectivity index (χ0v) is 18.3. The minimum absolute atomic E-state index is 0.121. The summed E-state index contributed by atoms with van der Waals surface area (Å²) in [6, 6.07) is 1.36. The van der Waals surface area contributed by atoms with Gasteiger partial charge < -0.3 is 24.8 Å². The molecule has 3 aliphatic heterocycles. The highest BCUT2D eigenvalue weighted by Crippen LogP contribution is 2.51. The minimum atomic E-state index is -0.121. The number of nitrogens with one attached hydrogen (secondary N) is 1. The second kappa shape index (κ2) is 8.34. The lowest BCUT2D eigenvalue weighted by Crippen LogP contribution is -2.55.